The highest BCUT2D eigenvalue weighted by Gasteiger charge is 2.11. The molecule has 0 radical (unpaired) electrons. The largest absolute Gasteiger partial charge is 0.438 e. The number of aromatic nitrogens is 1. The highest BCUT2D eigenvalue weighted by atomic mass is 127. The summed E-state index contributed by atoms with van der Waals surface area (Å²) in [4.78, 5) is 4.15. The Morgan fingerprint density at radius 1 is 1.24 bits per heavy atom. The molecule has 0 saturated heterocycles. The van der Waals surface area contributed by atoms with Gasteiger partial charge in [0.05, 0.1) is 9.67 Å². The molecule has 0 spiro atoms. The Hall–Kier alpha value is -1.14. The van der Waals surface area contributed by atoms with E-state index in [1.165, 1.54) is 0 Å². The van der Waals surface area contributed by atoms with Crippen molar-refractivity contribution in [3.05, 3.63) is 51.7 Å². The average Bonchev–Trinajstić information content (AvgIpc) is 2.32. The van der Waals surface area contributed by atoms with Gasteiger partial charge in [0.15, 0.2) is 0 Å². The van der Waals surface area contributed by atoms with E-state index in [-0.39, 0.29) is 0 Å². The van der Waals surface area contributed by atoms with Crippen LogP contribution in [-0.2, 0) is 0 Å². The number of halogens is 1. The van der Waals surface area contributed by atoms with Crippen LogP contribution in [0.5, 0.6) is 11.6 Å². The second-order valence-electron chi connectivity index (χ2n) is 3.61. The summed E-state index contributed by atoms with van der Waals surface area (Å²) in [7, 11) is 0. The van der Waals surface area contributed by atoms with Crippen LogP contribution in [0.3, 0.4) is 0 Å². The Bertz CT molecular complexity index is 514. The topological polar surface area (TPSA) is 42.4 Å². The molecule has 0 fully saturated rings. The first kappa shape index (κ1) is 12.3. The zero-order valence-electron chi connectivity index (χ0n) is 9.30. The van der Waals surface area contributed by atoms with E-state index in [4.69, 9.17) is 4.74 Å². The van der Waals surface area contributed by atoms with Crippen molar-refractivity contribution in [1.82, 2.24) is 4.98 Å². The molecule has 2 rings (SSSR count). The first-order valence-electron chi connectivity index (χ1n) is 5.24. The van der Waals surface area contributed by atoms with E-state index in [1.54, 1.807) is 19.2 Å². The minimum atomic E-state index is -0.597. The van der Waals surface area contributed by atoms with Gasteiger partial charge in [0.25, 0.3) is 0 Å². The van der Waals surface area contributed by atoms with Crippen LogP contribution in [0.15, 0.2) is 42.6 Å². The lowest BCUT2D eigenvalue weighted by atomic mass is 10.2. The number of aliphatic hydroxyl groups is 1. The van der Waals surface area contributed by atoms with Gasteiger partial charge in [-0.25, -0.2) is 4.98 Å². The van der Waals surface area contributed by atoms with Crippen LogP contribution in [0.4, 0.5) is 0 Å². The number of aliphatic hydroxyl groups excluding tert-OH is 1. The Morgan fingerprint density at radius 2 is 2.00 bits per heavy atom. The van der Waals surface area contributed by atoms with Crippen molar-refractivity contribution in [2.75, 3.05) is 0 Å². The molecule has 0 aliphatic rings. The van der Waals surface area contributed by atoms with Gasteiger partial charge in [-0.3, -0.25) is 0 Å². The molecule has 1 aromatic heterocycles. The number of hydrogen-bond donors (Lipinski definition) is 1. The number of pyridine rings is 1. The van der Waals surface area contributed by atoms with E-state index in [0.717, 1.165) is 9.32 Å². The second kappa shape index (κ2) is 5.46. The molecule has 0 saturated carbocycles. The SMILES string of the molecule is CC(O)c1cccnc1Oc1ccccc1I. The van der Waals surface area contributed by atoms with Crippen molar-refractivity contribution in [2.24, 2.45) is 0 Å². The highest BCUT2D eigenvalue weighted by molar-refractivity contribution is 14.1. The summed E-state index contributed by atoms with van der Waals surface area (Å²) in [6.07, 6.45) is 1.05. The molecule has 17 heavy (non-hydrogen) atoms. The second-order valence-corrected chi connectivity index (χ2v) is 4.77. The summed E-state index contributed by atoms with van der Waals surface area (Å²) < 4.78 is 6.73. The molecule has 1 unspecified atom stereocenters. The summed E-state index contributed by atoms with van der Waals surface area (Å²) in [6.45, 7) is 1.69. The van der Waals surface area contributed by atoms with Gasteiger partial charge in [0.2, 0.25) is 5.88 Å². The smallest absolute Gasteiger partial charge is 0.225 e. The van der Waals surface area contributed by atoms with E-state index >= 15 is 0 Å². The van der Waals surface area contributed by atoms with Crippen LogP contribution in [0.25, 0.3) is 0 Å². The number of ether oxygens (including phenoxy) is 1. The fraction of sp³-hybridized carbons (Fsp3) is 0.154. The molecule has 4 heteroatoms. The van der Waals surface area contributed by atoms with Crippen molar-refractivity contribution < 1.29 is 9.84 Å². The summed E-state index contributed by atoms with van der Waals surface area (Å²) in [6, 6.07) is 11.3. The molecule has 0 aliphatic carbocycles. The Morgan fingerprint density at radius 3 is 2.71 bits per heavy atom. The summed E-state index contributed by atoms with van der Waals surface area (Å²) in [5, 5.41) is 9.63. The lowest BCUT2D eigenvalue weighted by Crippen LogP contribution is -1.98. The van der Waals surface area contributed by atoms with Crippen LogP contribution < -0.4 is 4.74 Å². The number of nitrogens with zero attached hydrogens (tertiary/aromatic N) is 1. The predicted molar refractivity (Wildman–Crippen MR) is 74.1 cm³/mol. The van der Waals surface area contributed by atoms with Gasteiger partial charge in [-0.2, -0.15) is 0 Å². The Labute approximate surface area is 114 Å². The van der Waals surface area contributed by atoms with Gasteiger partial charge in [-0.1, -0.05) is 12.1 Å². The fourth-order valence-corrected chi connectivity index (χ4v) is 1.94. The van der Waals surface area contributed by atoms with Crippen molar-refractivity contribution in [3.8, 4) is 11.6 Å². The first-order chi connectivity index (χ1) is 8.18. The van der Waals surface area contributed by atoms with E-state index < -0.39 is 6.10 Å². The zero-order chi connectivity index (χ0) is 12.3. The van der Waals surface area contributed by atoms with Gasteiger partial charge in [-0.05, 0) is 53.8 Å². The third kappa shape index (κ3) is 2.95. The van der Waals surface area contributed by atoms with Crippen molar-refractivity contribution in [2.45, 2.75) is 13.0 Å². The molecule has 0 aliphatic heterocycles. The molecule has 0 bridgehead atoms. The molecule has 1 aromatic carbocycles. The van der Waals surface area contributed by atoms with Crippen molar-refractivity contribution in [1.29, 1.82) is 0 Å². The Kier molecular flexibility index (Phi) is 3.96. The molecule has 2 aromatic rings. The van der Waals surface area contributed by atoms with Crippen LogP contribution in [0.1, 0.15) is 18.6 Å². The number of benzene rings is 1. The van der Waals surface area contributed by atoms with Gasteiger partial charge in [-0.15, -0.1) is 0 Å². The molecule has 1 heterocycles. The van der Waals surface area contributed by atoms with Crippen molar-refractivity contribution >= 4 is 22.6 Å². The van der Waals surface area contributed by atoms with E-state index in [1.807, 2.05) is 30.3 Å². The quantitative estimate of drug-likeness (QED) is 0.869. The van der Waals surface area contributed by atoms with Crippen LogP contribution in [-0.4, -0.2) is 10.1 Å². The highest BCUT2D eigenvalue weighted by Crippen LogP contribution is 2.29. The maximum atomic E-state index is 9.63. The molecule has 1 N–H and O–H groups in total. The Balaban J connectivity index is 2.34. The van der Waals surface area contributed by atoms with Gasteiger partial charge >= 0.3 is 0 Å². The van der Waals surface area contributed by atoms with E-state index in [2.05, 4.69) is 27.6 Å². The maximum absolute atomic E-state index is 9.63. The molecule has 3 nitrogen and oxygen atoms in total. The van der Waals surface area contributed by atoms with Gasteiger partial charge in [0, 0.05) is 11.8 Å². The predicted octanol–water partition coefficient (Wildman–Crippen LogP) is 3.53. The van der Waals surface area contributed by atoms with Crippen molar-refractivity contribution in [3.63, 3.8) is 0 Å². The minimum absolute atomic E-state index is 0.451. The van der Waals surface area contributed by atoms with Crippen LogP contribution in [0.2, 0.25) is 0 Å². The number of hydrogen-bond acceptors (Lipinski definition) is 3. The van der Waals surface area contributed by atoms with Gasteiger partial charge < -0.3 is 9.84 Å². The monoisotopic (exact) mass is 341 g/mol. The van der Waals surface area contributed by atoms with Crippen LogP contribution in [0, 0.1) is 3.57 Å². The van der Waals surface area contributed by atoms with E-state index in [9.17, 15) is 5.11 Å². The summed E-state index contributed by atoms with van der Waals surface area (Å²) >= 11 is 2.20. The third-order valence-electron chi connectivity index (χ3n) is 2.29. The normalized spacial score (nSPS) is 12.2. The zero-order valence-corrected chi connectivity index (χ0v) is 11.5. The molecule has 0 amide bonds. The minimum Gasteiger partial charge on any atom is -0.438 e. The van der Waals surface area contributed by atoms with Crippen LogP contribution >= 0.6 is 22.6 Å². The molecular weight excluding hydrogens is 329 g/mol. The fourth-order valence-electron chi connectivity index (χ4n) is 1.44. The van der Waals surface area contributed by atoms with Gasteiger partial charge in [0.1, 0.15) is 5.75 Å². The summed E-state index contributed by atoms with van der Waals surface area (Å²) in [5.41, 5.74) is 0.687. The number of para-hydroxylation sites is 1. The molecular formula is C13H12INO2. The maximum Gasteiger partial charge on any atom is 0.225 e. The molecule has 1 atom stereocenters. The van der Waals surface area contributed by atoms with E-state index in [0.29, 0.717) is 11.4 Å². The third-order valence-corrected chi connectivity index (χ3v) is 3.19. The lowest BCUT2D eigenvalue weighted by molar-refractivity contribution is 0.194. The average molecular weight is 341 g/mol. The number of rotatable bonds is 3. The summed E-state index contributed by atoms with van der Waals surface area (Å²) in [5.74, 6) is 1.19. The standard InChI is InChI=1S/C13H12INO2/c1-9(16)10-5-4-8-15-13(10)17-12-7-3-2-6-11(12)14/h2-9,16H,1H3. The first-order valence-corrected chi connectivity index (χ1v) is 6.31. The molecule has 88 valence electrons. The lowest BCUT2D eigenvalue weighted by Gasteiger charge is -2.12.